The van der Waals surface area contributed by atoms with Crippen LogP contribution in [0, 0.1) is 56.9 Å². The fourth-order valence-corrected chi connectivity index (χ4v) is 7.91. The van der Waals surface area contributed by atoms with Crippen molar-refractivity contribution in [2.75, 3.05) is 14.2 Å². The van der Waals surface area contributed by atoms with Crippen LogP contribution in [0.3, 0.4) is 0 Å². The maximum absolute atomic E-state index is 5.62. The lowest BCUT2D eigenvalue weighted by atomic mass is 10.1. The van der Waals surface area contributed by atoms with Gasteiger partial charge in [0.1, 0.15) is 11.5 Å². The van der Waals surface area contributed by atoms with Gasteiger partial charge in [0.05, 0.1) is 19.0 Å². The molecule has 2 aromatic rings. The van der Waals surface area contributed by atoms with Crippen LogP contribution >= 0.6 is 23.9 Å². The van der Waals surface area contributed by atoms with Gasteiger partial charge in [0.15, 0.2) is 0 Å². The van der Waals surface area contributed by atoms with Gasteiger partial charge in [0.25, 0.3) is 0 Å². The molecule has 0 N–H and O–H groups in total. The second-order valence-corrected chi connectivity index (χ2v) is 10.5. The first-order valence-electron chi connectivity index (χ1n) is 9.87. The van der Waals surface area contributed by atoms with Crippen LogP contribution in [0.25, 0.3) is 0 Å². The van der Waals surface area contributed by atoms with E-state index in [1.165, 1.54) is 49.3 Å². The van der Waals surface area contributed by atoms with Crippen LogP contribution < -0.4 is 20.1 Å². The van der Waals surface area contributed by atoms with Crippen LogP contribution in [0.4, 0.5) is 0 Å². The summed E-state index contributed by atoms with van der Waals surface area (Å²) in [5.74, 6) is 3.31. The predicted octanol–water partition coefficient (Wildman–Crippen LogP) is 6.24. The van der Waals surface area contributed by atoms with Crippen molar-refractivity contribution >= 4 is 34.5 Å². The average molecular weight is 472 g/mol. The number of benzene rings is 2. The molecule has 0 atom stereocenters. The summed E-state index contributed by atoms with van der Waals surface area (Å²) in [5.41, 5.74) is 6.07. The number of halogens is 1. The van der Waals surface area contributed by atoms with E-state index in [0.29, 0.717) is 0 Å². The maximum atomic E-state index is 5.62. The first-order valence-corrected chi connectivity index (χ1v) is 12.0. The number of aryl methyl sites for hydroxylation is 4. The summed E-state index contributed by atoms with van der Waals surface area (Å²) in [6.07, 6.45) is 5.56. The van der Waals surface area contributed by atoms with Gasteiger partial charge >= 0.3 is 0 Å². The molecule has 0 unspecified atom stereocenters. The highest BCUT2D eigenvalue weighted by molar-refractivity contribution is 9.11. The summed E-state index contributed by atoms with van der Waals surface area (Å²) in [6.45, 7) is 10.7. The Morgan fingerprint density at radius 2 is 1.17 bits per heavy atom. The number of ether oxygens (including phenoxy) is 2. The van der Waals surface area contributed by atoms with E-state index in [0.717, 1.165) is 17.9 Å². The fraction of sp³-hybridized carbons (Fsp3) is 0.320. The molecule has 5 radical (unpaired) electrons. The van der Waals surface area contributed by atoms with Gasteiger partial charge < -0.3 is 9.47 Å². The average Bonchev–Trinajstić information content (AvgIpc) is 3.02. The minimum atomic E-state index is -0.709. The van der Waals surface area contributed by atoms with Crippen molar-refractivity contribution in [3.05, 3.63) is 75.8 Å². The van der Waals surface area contributed by atoms with E-state index in [2.05, 4.69) is 87.7 Å². The SMILES string of the molecule is CC[C]1[CH][CH][C](P(c2cc(C)c(OC)c(C)c2)c2cc(C)c(OC)c(C)c2)[C]1Br. The Morgan fingerprint density at radius 3 is 1.48 bits per heavy atom. The third-order valence-corrected chi connectivity index (χ3v) is 9.03. The maximum Gasteiger partial charge on any atom is 0.124 e. The molecular weight excluding hydrogens is 443 g/mol. The van der Waals surface area contributed by atoms with Gasteiger partial charge in [-0.3, -0.25) is 0 Å². The van der Waals surface area contributed by atoms with Gasteiger partial charge in [0.2, 0.25) is 0 Å². The molecule has 1 aliphatic rings. The Bertz CT molecular complexity index is 774. The summed E-state index contributed by atoms with van der Waals surface area (Å²) in [5, 5.41) is 2.68. The highest BCUT2D eigenvalue weighted by Crippen LogP contribution is 2.61. The second-order valence-electron chi connectivity index (χ2n) is 7.47. The van der Waals surface area contributed by atoms with Crippen molar-refractivity contribution in [3.8, 4) is 11.5 Å². The van der Waals surface area contributed by atoms with E-state index in [1.54, 1.807) is 14.2 Å². The minimum absolute atomic E-state index is 0.709. The van der Waals surface area contributed by atoms with Crippen LogP contribution in [-0.4, -0.2) is 14.2 Å². The Balaban J connectivity index is 2.16. The van der Waals surface area contributed by atoms with Gasteiger partial charge in [-0.05, 0) is 118 Å². The van der Waals surface area contributed by atoms with Gasteiger partial charge in [-0.2, -0.15) is 0 Å². The van der Waals surface area contributed by atoms with Crippen LogP contribution in [0.2, 0.25) is 0 Å². The zero-order chi connectivity index (χ0) is 21.3. The second kappa shape index (κ2) is 9.40. The summed E-state index contributed by atoms with van der Waals surface area (Å²) in [6, 6.07) is 9.16. The van der Waals surface area contributed by atoms with E-state index < -0.39 is 7.92 Å². The lowest BCUT2D eigenvalue weighted by Crippen LogP contribution is -2.20. The highest BCUT2D eigenvalue weighted by atomic mass is 79.9. The largest absolute Gasteiger partial charge is 0.496 e. The minimum Gasteiger partial charge on any atom is -0.496 e. The van der Waals surface area contributed by atoms with E-state index in [4.69, 9.17) is 9.47 Å². The number of hydrogen-bond donors (Lipinski definition) is 0. The molecule has 0 amide bonds. The molecule has 1 fully saturated rings. The first kappa shape index (κ1) is 22.6. The van der Waals surface area contributed by atoms with Gasteiger partial charge in [-0.25, -0.2) is 0 Å². The molecule has 2 aromatic carbocycles. The third-order valence-electron chi connectivity index (χ3n) is 5.39. The Morgan fingerprint density at radius 1 is 0.759 bits per heavy atom. The zero-order valence-corrected chi connectivity index (χ0v) is 20.8. The van der Waals surface area contributed by atoms with Crippen molar-refractivity contribution in [1.29, 1.82) is 0 Å². The quantitative estimate of drug-likeness (QED) is 0.464. The normalized spacial score (nSPS) is 16.0. The first-order chi connectivity index (χ1) is 13.8. The predicted molar refractivity (Wildman–Crippen MR) is 129 cm³/mol. The molecule has 0 spiro atoms. The van der Waals surface area contributed by atoms with E-state index in [-0.39, 0.29) is 0 Å². The lowest BCUT2D eigenvalue weighted by Gasteiger charge is -2.29. The molecule has 2 nitrogen and oxygen atoms in total. The summed E-state index contributed by atoms with van der Waals surface area (Å²) in [7, 11) is 2.78. The Kier molecular flexibility index (Phi) is 7.33. The van der Waals surface area contributed by atoms with Crippen molar-refractivity contribution < 1.29 is 9.47 Å². The standard InChI is InChI=1S/C25H29BrO2P/c1-8-19-9-10-22(23(19)26)29(20-11-15(2)24(27-6)16(3)12-20)21-13-17(4)25(28-7)18(5)14-21/h9-14H,8H2,1-7H3. The lowest BCUT2D eigenvalue weighted by molar-refractivity contribution is 0.408. The number of rotatable bonds is 6. The van der Waals surface area contributed by atoms with Crippen LogP contribution in [0.5, 0.6) is 11.5 Å². The van der Waals surface area contributed by atoms with Crippen LogP contribution in [0.15, 0.2) is 24.3 Å². The van der Waals surface area contributed by atoms with E-state index in [9.17, 15) is 0 Å². The smallest absolute Gasteiger partial charge is 0.124 e. The molecule has 153 valence electrons. The fourth-order valence-electron chi connectivity index (χ4n) is 4.12. The highest BCUT2D eigenvalue weighted by Gasteiger charge is 2.41. The van der Waals surface area contributed by atoms with Crippen LogP contribution in [-0.2, 0) is 0 Å². The van der Waals surface area contributed by atoms with Gasteiger partial charge in [-0.15, -0.1) is 0 Å². The molecule has 0 saturated heterocycles. The molecule has 1 aliphatic carbocycles. The Labute approximate surface area is 186 Å². The van der Waals surface area contributed by atoms with Gasteiger partial charge in [-0.1, -0.05) is 22.9 Å². The van der Waals surface area contributed by atoms with Crippen molar-refractivity contribution in [2.24, 2.45) is 0 Å². The van der Waals surface area contributed by atoms with Crippen molar-refractivity contribution in [3.63, 3.8) is 0 Å². The molecular formula is C25H29BrO2P. The van der Waals surface area contributed by atoms with Crippen molar-refractivity contribution in [1.82, 2.24) is 0 Å². The molecule has 0 aliphatic heterocycles. The Hall–Kier alpha value is -1.05. The number of hydrogen-bond acceptors (Lipinski definition) is 2. The van der Waals surface area contributed by atoms with E-state index in [1.807, 2.05) is 0 Å². The molecule has 4 heteroatoms. The topological polar surface area (TPSA) is 18.5 Å². The number of methoxy groups -OCH3 is 2. The molecule has 0 bridgehead atoms. The molecule has 1 saturated carbocycles. The zero-order valence-electron chi connectivity index (χ0n) is 18.3. The third kappa shape index (κ3) is 4.37. The monoisotopic (exact) mass is 471 g/mol. The van der Waals surface area contributed by atoms with E-state index >= 15 is 0 Å². The molecule has 29 heavy (non-hydrogen) atoms. The summed E-state index contributed by atoms with van der Waals surface area (Å²) in [4.78, 5) is 1.24. The summed E-state index contributed by atoms with van der Waals surface area (Å²) >= 11 is 3.90. The van der Waals surface area contributed by atoms with Gasteiger partial charge in [0, 0.05) is 5.66 Å². The van der Waals surface area contributed by atoms with Crippen molar-refractivity contribution in [2.45, 2.75) is 41.0 Å². The molecule has 0 aromatic heterocycles. The molecule has 0 heterocycles. The van der Waals surface area contributed by atoms with Crippen LogP contribution in [0.1, 0.15) is 35.6 Å². The molecule has 3 rings (SSSR count). The summed E-state index contributed by atoms with van der Waals surface area (Å²) < 4.78 is 11.2.